The van der Waals surface area contributed by atoms with Gasteiger partial charge >= 0.3 is 11.9 Å². The van der Waals surface area contributed by atoms with Gasteiger partial charge in [-0.25, -0.2) is 9.59 Å². The van der Waals surface area contributed by atoms with Crippen molar-refractivity contribution in [2.75, 3.05) is 7.11 Å². The van der Waals surface area contributed by atoms with Gasteiger partial charge in [-0.05, 0) is 128 Å². The topological polar surface area (TPSA) is 110 Å². The summed E-state index contributed by atoms with van der Waals surface area (Å²) in [5, 5.41) is 11.9. The molecule has 6 aromatic rings. The Morgan fingerprint density at radius 1 is 0.812 bits per heavy atom. The highest BCUT2D eigenvalue weighted by Gasteiger charge is 2.27. The van der Waals surface area contributed by atoms with Crippen LogP contribution in [0.4, 0.5) is 0 Å². The van der Waals surface area contributed by atoms with Gasteiger partial charge in [-0.1, -0.05) is 12.1 Å². The number of carbonyl (C=O) groups is 2. The molecule has 244 valence electrons. The second kappa shape index (κ2) is 12.8. The number of rotatable bonds is 8. The maximum absolute atomic E-state index is 12.2. The van der Waals surface area contributed by atoms with Crippen LogP contribution in [0.5, 0.6) is 0 Å². The molecule has 8 rings (SSSR count). The van der Waals surface area contributed by atoms with E-state index in [-0.39, 0.29) is 5.97 Å². The molecule has 0 spiro atoms. The minimum Gasteiger partial charge on any atom is -0.478 e. The lowest BCUT2D eigenvalue weighted by atomic mass is 10.0. The third-order valence-corrected chi connectivity index (χ3v) is 9.63. The number of pyridine rings is 2. The van der Waals surface area contributed by atoms with Gasteiger partial charge in [0.15, 0.2) is 0 Å². The lowest BCUT2D eigenvalue weighted by molar-refractivity contribution is 0.0598. The number of aromatic carboxylic acids is 1. The lowest BCUT2D eigenvalue weighted by Crippen LogP contribution is -2.09. The molecule has 0 aliphatic heterocycles. The summed E-state index contributed by atoms with van der Waals surface area (Å²) in [5.74, 6) is -0.127. The zero-order valence-corrected chi connectivity index (χ0v) is 27.8. The lowest BCUT2D eigenvalue weighted by Gasteiger charge is -2.09. The van der Waals surface area contributed by atoms with Crippen LogP contribution in [0.2, 0.25) is 0 Å². The first-order valence-corrected chi connectivity index (χ1v) is 16.6. The Bertz CT molecular complexity index is 2190. The molecule has 4 aromatic heterocycles. The summed E-state index contributed by atoms with van der Waals surface area (Å²) < 4.78 is 7.12. The summed E-state index contributed by atoms with van der Waals surface area (Å²) in [6.45, 7) is 4.13. The number of hydrogen-bond acceptors (Lipinski definition) is 5. The monoisotopic (exact) mass is 640 g/mol. The summed E-state index contributed by atoms with van der Waals surface area (Å²) in [7, 11) is 3.47. The number of carboxylic acid groups (broad SMARTS) is 1. The van der Waals surface area contributed by atoms with E-state index in [2.05, 4.69) is 82.0 Å². The van der Waals surface area contributed by atoms with Gasteiger partial charge in [0.25, 0.3) is 0 Å². The second-order valence-electron chi connectivity index (χ2n) is 13.3. The fourth-order valence-electron chi connectivity index (χ4n) is 6.52. The third-order valence-electron chi connectivity index (χ3n) is 9.63. The molecule has 0 unspecified atom stereocenters. The number of carbonyl (C=O) groups excluding carboxylic acids is 1. The number of nitrogens with one attached hydrogen (secondary N) is 1. The maximum Gasteiger partial charge on any atom is 0.339 e. The molecule has 8 heteroatoms. The van der Waals surface area contributed by atoms with E-state index in [0.717, 1.165) is 52.0 Å². The van der Waals surface area contributed by atoms with Crippen molar-refractivity contribution in [3.05, 3.63) is 129 Å². The molecule has 2 N–H and O–H groups in total. The van der Waals surface area contributed by atoms with Crippen LogP contribution in [0, 0.1) is 13.8 Å². The van der Waals surface area contributed by atoms with Crippen molar-refractivity contribution in [1.82, 2.24) is 19.5 Å². The number of aryl methyl sites for hydroxylation is 3. The van der Waals surface area contributed by atoms with Crippen molar-refractivity contribution in [2.24, 2.45) is 7.05 Å². The van der Waals surface area contributed by atoms with Crippen LogP contribution in [0.3, 0.4) is 0 Å². The van der Waals surface area contributed by atoms with Gasteiger partial charge in [-0.2, -0.15) is 0 Å². The summed E-state index contributed by atoms with van der Waals surface area (Å²) in [6, 6.07) is 20.6. The highest BCUT2D eigenvalue weighted by Crippen LogP contribution is 2.41. The minimum atomic E-state index is -0.892. The predicted molar refractivity (Wildman–Crippen MR) is 187 cm³/mol. The van der Waals surface area contributed by atoms with Gasteiger partial charge in [0.1, 0.15) is 0 Å². The summed E-state index contributed by atoms with van der Waals surface area (Å²) in [6.07, 6.45) is 9.58. The van der Waals surface area contributed by atoms with Gasteiger partial charge in [-0.3, -0.25) is 9.97 Å². The van der Waals surface area contributed by atoms with Crippen LogP contribution >= 0.6 is 0 Å². The molecule has 0 saturated heterocycles. The van der Waals surface area contributed by atoms with E-state index < -0.39 is 5.97 Å². The Morgan fingerprint density at radius 2 is 1.40 bits per heavy atom. The number of fused-ring (bicyclic) bond motifs is 2. The van der Waals surface area contributed by atoms with Crippen LogP contribution in [0.15, 0.2) is 73.1 Å². The Kier molecular flexibility index (Phi) is 8.33. The van der Waals surface area contributed by atoms with Gasteiger partial charge in [0.05, 0.1) is 29.6 Å². The van der Waals surface area contributed by atoms with Gasteiger partial charge in [0, 0.05) is 60.1 Å². The fraction of sp³-hybridized carbons (Fsp3) is 0.300. The van der Waals surface area contributed by atoms with E-state index in [9.17, 15) is 14.7 Å². The van der Waals surface area contributed by atoms with E-state index in [4.69, 9.17) is 4.74 Å². The molecule has 2 aromatic carbocycles. The first-order chi connectivity index (χ1) is 23.2. The highest BCUT2D eigenvalue weighted by molar-refractivity contribution is 5.91. The Labute approximate surface area is 279 Å². The number of nitrogens with zero attached hydrogens (tertiary/aromatic N) is 3. The molecule has 4 heterocycles. The van der Waals surface area contributed by atoms with Gasteiger partial charge in [0.2, 0.25) is 0 Å². The van der Waals surface area contributed by atoms with Crippen LogP contribution < -0.4 is 0 Å². The van der Waals surface area contributed by atoms with Crippen LogP contribution in [0.1, 0.15) is 103 Å². The molecule has 8 nitrogen and oxygen atoms in total. The normalized spacial score (nSPS) is 14.2. The third kappa shape index (κ3) is 6.61. The Balaban J connectivity index is 0.000000152. The number of aromatic amines is 1. The van der Waals surface area contributed by atoms with E-state index in [1.54, 1.807) is 0 Å². The van der Waals surface area contributed by atoms with Crippen LogP contribution in [0.25, 0.3) is 21.8 Å². The van der Waals surface area contributed by atoms with E-state index in [1.807, 2.05) is 31.5 Å². The van der Waals surface area contributed by atoms with Crippen molar-refractivity contribution >= 4 is 33.7 Å². The molecular formula is C40H40N4O4. The number of methoxy groups -OCH3 is 1. The molecule has 2 saturated carbocycles. The molecule has 2 aliphatic carbocycles. The van der Waals surface area contributed by atoms with Crippen molar-refractivity contribution in [3.8, 4) is 0 Å². The number of hydrogen-bond donors (Lipinski definition) is 2. The van der Waals surface area contributed by atoms with Gasteiger partial charge < -0.3 is 19.4 Å². The first-order valence-electron chi connectivity index (χ1n) is 16.6. The molecule has 0 atom stereocenters. The van der Waals surface area contributed by atoms with Crippen molar-refractivity contribution in [2.45, 2.75) is 64.2 Å². The molecule has 2 fully saturated rings. The number of ether oxygens (including phenoxy) is 1. The molecule has 0 amide bonds. The molecule has 0 bridgehead atoms. The zero-order valence-electron chi connectivity index (χ0n) is 27.8. The predicted octanol–water partition coefficient (Wildman–Crippen LogP) is 8.17. The summed E-state index contributed by atoms with van der Waals surface area (Å²) >= 11 is 0. The number of esters is 1. The number of aromatic nitrogens is 4. The standard InChI is InChI=1S/2C20H20N2O2/c1-12-7-15-8-13(3-6-19(15)22(12)2)9-18-17(20(23)24)10-16(11-21-18)14-4-5-14;1-12-7-15-8-13(3-6-18(15)22-12)9-19-17(20(23)24-2)10-16(11-21-19)14-4-5-14/h3,6-8,10-11,14H,4-5,9H2,1-2H3,(H,23,24);3,6-8,10-11,14,22H,4-5,9H2,1-2H3. The highest BCUT2D eigenvalue weighted by atomic mass is 16.5. The second-order valence-corrected chi connectivity index (χ2v) is 13.3. The molecule has 2 aliphatic rings. The van der Waals surface area contributed by atoms with E-state index >= 15 is 0 Å². The smallest absolute Gasteiger partial charge is 0.339 e. The van der Waals surface area contributed by atoms with E-state index in [0.29, 0.717) is 41.5 Å². The zero-order chi connectivity index (χ0) is 33.5. The number of benzene rings is 2. The van der Waals surface area contributed by atoms with Crippen molar-refractivity contribution in [1.29, 1.82) is 0 Å². The maximum atomic E-state index is 12.2. The van der Waals surface area contributed by atoms with E-state index in [1.165, 1.54) is 41.9 Å². The molecule has 48 heavy (non-hydrogen) atoms. The Hall–Kier alpha value is -5.24. The summed E-state index contributed by atoms with van der Waals surface area (Å²) in [4.78, 5) is 36.2. The Morgan fingerprint density at radius 3 is 2.00 bits per heavy atom. The number of H-pyrrole nitrogens is 1. The quantitative estimate of drug-likeness (QED) is 0.162. The molecular weight excluding hydrogens is 600 g/mol. The van der Waals surface area contributed by atoms with Crippen LogP contribution in [-0.2, 0) is 24.6 Å². The first kappa shape index (κ1) is 31.4. The summed E-state index contributed by atoms with van der Waals surface area (Å²) in [5.41, 5.74) is 11.4. The van der Waals surface area contributed by atoms with Crippen LogP contribution in [-0.4, -0.2) is 43.7 Å². The van der Waals surface area contributed by atoms with Crippen molar-refractivity contribution < 1.29 is 19.4 Å². The largest absolute Gasteiger partial charge is 0.478 e. The van der Waals surface area contributed by atoms with Crippen molar-refractivity contribution in [3.63, 3.8) is 0 Å². The SMILES string of the molecule is COC(=O)c1cc(C2CC2)cnc1Cc1ccc2[nH]c(C)cc2c1.Cc1cc2cc(Cc3ncc(C4CC4)cc3C(=O)O)ccc2n1C. The molecule has 0 radical (unpaired) electrons. The average molecular weight is 641 g/mol. The average Bonchev–Trinajstić information content (AvgIpc) is 4.01. The fourth-order valence-corrected chi connectivity index (χ4v) is 6.52. The minimum absolute atomic E-state index is 0.307. The van der Waals surface area contributed by atoms with Gasteiger partial charge in [-0.15, -0.1) is 0 Å². The number of carboxylic acids is 1.